The lowest BCUT2D eigenvalue weighted by atomic mass is 10.1. The zero-order valence-corrected chi connectivity index (χ0v) is 20.1. The molecule has 0 saturated heterocycles. The van der Waals surface area contributed by atoms with Gasteiger partial charge in [-0.1, -0.05) is 29.8 Å². The zero-order valence-electron chi connectivity index (χ0n) is 17.8. The molecule has 7 heteroatoms. The van der Waals surface area contributed by atoms with Gasteiger partial charge in [-0.25, -0.2) is 4.99 Å². The van der Waals surface area contributed by atoms with Gasteiger partial charge in [0.1, 0.15) is 0 Å². The van der Waals surface area contributed by atoms with Gasteiger partial charge in [0, 0.05) is 13.1 Å². The molecule has 2 aromatic rings. The van der Waals surface area contributed by atoms with E-state index in [9.17, 15) is 5.11 Å². The molecule has 3 N–H and O–H groups in total. The van der Waals surface area contributed by atoms with Crippen molar-refractivity contribution in [2.24, 2.45) is 4.99 Å². The number of methoxy groups -OCH3 is 2. The van der Waals surface area contributed by atoms with E-state index in [0.29, 0.717) is 30.5 Å². The quantitative estimate of drug-likeness (QED) is 0.285. The average molecular weight is 513 g/mol. The normalized spacial score (nSPS) is 12.0. The summed E-state index contributed by atoms with van der Waals surface area (Å²) < 4.78 is 10.5. The van der Waals surface area contributed by atoms with Crippen LogP contribution < -0.4 is 20.1 Å². The third kappa shape index (κ3) is 7.40. The van der Waals surface area contributed by atoms with Crippen molar-refractivity contribution >= 4 is 29.9 Å². The number of hydrogen-bond donors (Lipinski definition) is 3. The maximum atomic E-state index is 10.5. The Labute approximate surface area is 190 Å². The van der Waals surface area contributed by atoms with Gasteiger partial charge in [-0.3, -0.25) is 0 Å². The zero-order chi connectivity index (χ0) is 20.5. The summed E-state index contributed by atoms with van der Waals surface area (Å²) in [6, 6.07) is 11.8. The molecule has 2 aromatic carbocycles. The minimum Gasteiger partial charge on any atom is -0.493 e. The highest BCUT2D eigenvalue weighted by atomic mass is 127. The second kappa shape index (κ2) is 12.5. The first-order valence-electron chi connectivity index (χ1n) is 9.46. The van der Waals surface area contributed by atoms with Gasteiger partial charge in [0.05, 0.1) is 26.9 Å². The Morgan fingerprint density at radius 1 is 1.03 bits per heavy atom. The summed E-state index contributed by atoms with van der Waals surface area (Å²) in [7, 11) is 3.17. The number of aryl methyl sites for hydroxylation is 2. The molecule has 0 saturated carbocycles. The second-order valence-electron chi connectivity index (χ2n) is 6.64. The third-order valence-electron chi connectivity index (χ3n) is 4.51. The van der Waals surface area contributed by atoms with Crippen LogP contribution in [0.2, 0.25) is 0 Å². The lowest BCUT2D eigenvalue weighted by Gasteiger charge is -2.17. The van der Waals surface area contributed by atoms with E-state index in [2.05, 4.69) is 47.7 Å². The summed E-state index contributed by atoms with van der Waals surface area (Å²) in [5.41, 5.74) is 4.40. The number of nitrogens with one attached hydrogen (secondary N) is 2. The van der Waals surface area contributed by atoms with E-state index >= 15 is 0 Å². The number of hydrogen-bond acceptors (Lipinski definition) is 4. The minimum atomic E-state index is -0.704. The van der Waals surface area contributed by atoms with Crippen LogP contribution >= 0.6 is 24.0 Å². The lowest BCUT2D eigenvalue weighted by molar-refractivity contribution is 0.180. The number of rotatable bonds is 8. The molecule has 0 amide bonds. The Morgan fingerprint density at radius 2 is 1.76 bits per heavy atom. The predicted molar refractivity (Wildman–Crippen MR) is 129 cm³/mol. The van der Waals surface area contributed by atoms with Crippen LogP contribution in [0.25, 0.3) is 0 Å². The lowest BCUT2D eigenvalue weighted by Crippen LogP contribution is -2.39. The molecule has 0 aliphatic heterocycles. The van der Waals surface area contributed by atoms with Gasteiger partial charge in [-0.15, -0.1) is 24.0 Å². The maximum Gasteiger partial charge on any atom is 0.191 e. The fourth-order valence-electron chi connectivity index (χ4n) is 2.90. The van der Waals surface area contributed by atoms with Gasteiger partial charge in [-0.05, 0) is 49.6 Å². The second-order valence-corrected chi connectivity index (χ2v) is 6.64. The molecule has 0 spiro atoms. The molecule has 1 unspecified atom stereocenters. The van der Waals surface area contributed by atoms with Crippen molar-refractivity contribution < 1.29 is 14.6 Å². The van der Waals surface area contributed by atoms with Crippen LogP contribution in [0, 0.1) is 13.8 Å². The summed E-state index contributed by atoms with van der Waals surface area (Å²) in [6.45, 7) is 7.84. The van der Waals surface area contributed by atoms with Gasteiger partial charge in [0.15, 0.2) is 17.5 Å². The van der Waals surface area contributed by atoms with Crippen molar-refractivity contribution in [3.8, 4) is 11.5 Å². The van der Waals surface area contributed by atoms with Crippen LogP contribution in [0.15, 0.2) is 41.4 Å². The highest BCUT2D eigenvalue weighted by molar-refractivity contribution is 14.0. The minimum absolute atomic E-state index is 0. The van der Waals surface area contributed by atoms with E-state index in [1.807, 2.05) is 13.0 Å². The van der Waals surface area contributed by atoms with Crippen molar-refractivity contribution in [2.45, 2.75) is 33.4 Å². The fourth-order valence-corrected chi connectivity index (χ4v) is 2.90. The molecule has 2 rings (SSSR count). The SMILES string of the molecule is CCNC(=NCc1ccc(C)cc1C)NCC(O)c1ccc(OC)c(OC)c1.I. The van der Waals surface area contributed by atoms with E-state index in [4.69, 9.17) is 9.47 Å². The molecule has 29 heavy (non-hydrogen) atoms. The van der Waals surface area contributed by atoms with Crippen molar-refractivity contribution in [1.82, 2.24) is 10.6 Å². The van der Waals surface area contributed by atoms with E-state index in [0.717, 1.165) is 12.1 Å². The maximum absolute atomic E-state index is 10.5. The summed E-state index contributed by atoms with van der Waals surface area (Å²) in [6.07, 6.45) is -0.704. The van der Waals surface area contributed by atoms with E-state index in [1.54, 1.807) is 26.4 Å². The number of nitrogens with zero attached hydrogens (tertiary/aromatic N) is 1. The van der Waals surface area contributed by atoms with Gasteiger partial charge in [0.25, 0.3) is 0 Å². The molecule has 0 aliphatic carbocycles. The first kappa shape index (κ1) is 25.0. The monoisotopic (exact) mass is 513 g/mol. The molecular formula is C22H32IN3O3. The largest absolute Gasteiger partial charge is 0.493 e. The van der Waals surface area contributed by atoms with Crippen LogP contribution in [0.4, 0.5) is 0 Å². The van der Waals surface area contributed by atoms with Gasteiger partial charge in [0.2, 0.25) is 0 Å². The van der Waals surface area contributed by atoms with E-state index in [-0.39, 0.29) is 24.0 Å². The Bertz CT molecular complexity index is 812. The first-order valence-corrected chi connectivity index (χ1v) is 9.46. The third-order valence-corrected chi connectivity index (χ3v) is 4.51. The molecule has 0 fully saturated rings. The molecule has 0 aliphatic rings. The van der Waals surface area contributed by atoms with Gasteiger partial charge >= 0.3 is 0 Å². The number of aliphatic hydroxyl groups excluding tert-OH is 1. The molecule has 0 heterocycles. The van der Waals surface area contributed by atoms with Crippen molar-refractivity contribution in [3.63, 3.8) is 0 Å². The fraction of sp³-hybridized carbons (Fsp3) is 0.409. The Hall–Kier alpha value is -2.00. The number of ether oxygens (including phenoxy) is 2. The first-order chi connectivity index (χ1) is 13.5. The number of guanidine groups is 1. The summed E-state index contributed by atoms with van der Waals surface area (Å²) in [5.74, 6) is 1.89. The standard InChI is InChI=1S/C22H31N3O3.HI/c1-6-23-22(24-13-18-8-7-15(2)11-16(18)3)25-14-19(26)17-9-10-20(27-4)21(12-17)28-5;/h7-12,19,26H,6,13-14H2,1-5H3,(H2,23,24,25);1H. The summed E-state index contributed by atoms with van der Waals surface area (Å²) in [4.78, 5) is 4.64. The van der Waals surface area contributed by atoms with Crippen molar-refractivity contribution in [3.05, 3.63) is 58.7 Å². The van der Waals surface area contributed by atoms with Crippen LogP contribution in [0.3, 0.4) is 0 Å². The molecular weight excluding hydrogens is 481 g/mol. The molecule has 1 atom stereocenters. The highest BCUT2D eigenvalue weighted by Gasteiger charge is 2.12. The van der Waals surface area contributed by atoms with Crippen LogP contribution in [-0.4, -0.2) is 38.4 Å². The Kier molecular flexibility index (Phi) is 10.8. The highest BCUT2D eigenvalue weighted by Crippen LogP contribution is 2.29. The van der Waals surface area contributed by atoms with E-state index < -0.39 is 6.10 Å². The summed E-state index contributed by atoms with van der Waals surface area (Å²) >= 11 is 0. The molecule has 0 aromatic heterocycles. The number of benzene rings is 2. The molecule has 0 radical (unpaired) electrons. The van der Waals surface area contributed by atoms with Gasteiger partial charge in [-0.2, -0.15) is 0 Å². The predicted octanol–water partition coefficient (Wildman–Crippen LogP) is 3.73. The van der Waals surface area contributed by atoms with Crippen LogP contribution in [0.1, 0.15) is 35.3 Å². The number of halogens is 1. The Balaban J connectivity index is 0.00000420. The van der Waals surface area contributed by atoms with Crippen LogP contribution in [0.5, 0.6) is 11.5 Å². The van der Waals surface area contributed by atoms with Crippen molar-refractivity contribution in [1.29, 1.82) is 0 Å². The van der Waals surface area contributed by atoms with Crippen molar-refractivity contribution in [2.75, 3.05) is 27.3 Å². The molecule has 0 bridgehead atoms. The summed E-state index contributed by atoms with van der Waals surface area (Å²) in [5, 5.41) is 17.0. The Morgan fingerprint density at radius 3 is 2.38 bits per heavy atom. The van der Waals surface area contributed by atoms with E-state index in [1.165, 1.54) is 16.7 Å². The number of aliphatic hydroxyl groups is 1. The molecule has 6 nitrogen and oxygen atoms in total. The number of aliphatic imine (C=N–C) groups is 1. The molecule has 160 valence electrons. The smallest absolute Gasteiger partial charge is 0.191 e. The average Bonchev–Trinajstić information content (AvgIpc) is 2.70. The topological polar surface area (TPSA) is 75.1 Å². The van der Waals surface area contributed by atoms with Gasteiger partial charge < -0.3 is 25.2 Å². The van der Waals surface area contributed by atoms with Crippen LogP contribution in [-0.2, 0) is 6.54 Å².